The number of aromatic nitrogens is 5. The number of fused-ring (bicyclic) bond motifs is 6. The number of nitrogens with zero attached hydrogens (tertiary/aromatic N) is 4. The van der Waals surface area contributed by atoms with E-state index in [-0.39, 0.29) is 0 Å². The van der Waals surface area contributed by atoms with Crippen molar-refractivity contribution in [2.45, 2.75) is 0 Å². The monoisotopic (exact) mass is 487 g/mol. The van der Waals surface area contributed by atoms with Gasteiger partial charge >= 0.3 is 0 Å². The quantitative estimate of drug-likeness (QED) is 0.275. The van der Waals surface area contributed by atoms with Crippen LogP contribution in [0.5, 0.6) is 0 Å². The van der Waals surface area contributed by atoms with Gasteiger partial charge < -0.3 is 9.55 Å². The highest BCUT2D eigenvalue weighted by Crippen LogP contribution is 2.35. The van der Waals surface area contributed by atoms with Crippen molar-refractivity contribution in [2.24, 2.45) is 0 Å². The summed E-state index contributed by atoms with van der Waals surface area (Å²) < 4.78 is 2.29. The van der Waals surface area contributed by atoms with Gasteiger partial charge in [-0.1, -0.05) is 54.6 Å². The number of H-pyrrole nitrogens is 1. The van der Waals surface area contributed by atoms with Crippen molar-refractivity contribution in [1.29, 1.82) is 0 Å². The van der Waals surface area contributed by atoms with E-state index >= 15 is 0 Å². The molecule has 5 heteroatoms. The summed E-state index contributed by atoms with van der Waals surface area (Å²) in [6, 6.07) is 33.8. The first-order chi connectivity index (χ1) is 18.8. The number of aromatic amines is 1. The van der Waals surface area contributed by atoms with Gasteiger partial charge in [0, 0.05) is 50.7 Å². The molecular weight excluding hydrogens is 466 g/mol. The molecule has 8 rings (SSSR count). The lowest BCUT2D eigenvalue weighted by atomic mass is 10.1. The number of hydrogen-bond acceptors (Lipinski definition) is 3. The average Bonchev–Trinajstić information content (AvgIpc) is 3.53. The van der Waals surface area contributed by atoms with Crippen LogP contribution in [0, 0.1) is 0 Å². The van der Waals surface area contributed by atoms with Crippen LogP contribution in [0.15, 0.2) is 122 Å². The Bertz CT molecular complexity index is 2140. The zero-order valence-corrected chi connectivity index (χ0v) is 20.3. The van der Waals surface area contributed by atoms with Crippen LogP contribution in [-0.4, -0.2) is 24.5 Å². The summed E-state index contributed by atoms with van der Waals surface area (Å²) >= 11 is 0. The summed E-state index contributed by atoms with van der Waals surface area (Å²) in [6.07, 6.45) is 7.58. The van der Waals surface area contributed by atoms with Crippen LogP contribution in [0.3, 0.4) is 0 Å². The van der Waals surface area contributed by atoms with Crippen LogP contribution in [0.1, 0.15) is 0 Å². The molecule has 0 saturated heterocycles. The number of nitrogens with one attached hydrogen (secondary N) is 1. The van der Waals surface area contributed by atoms with Crippen molar-refractivity contribution >= 4 is 43.6 Å². The summed E-state index contributed by atoms with van der Waals surface area (Å²) in [5.41, 5.74) is 9.37. The van der Waals surface area contributed by atoms with Gasteiger partial charge in [0.15, 0.2) is 0 Å². The lowest BCUT2D eigenvalue weighted by Gasteiger charge is -2.10. The summed E-state index contributed by atoms with van der Waals surface area (Å²) in [6.45, 7) is 0. The standard InChI is InChI=1S/C33H21N5/c1-3-12-28-24(10-1)26-16-29(35-19-31(26)37-28)30-17-27-25-11-2-4-13-32(25)38(33(27)20-36-30)23-9-5-7-21(15-23)22-8-6-14-34-18-22/h1-20,37H. The highest BCUT2D eigenvalue weighted by Gasteiger charge is 2.15. The lowest BCUT2D eigenvalue weighted by Crippen LogP contribution is -1.95. The zero-order valence-electron chi connectivity index (χ0n) is 20.3. The molecule has 0 unspecified atom stereocenters. The van der Waals surface area contributed by atoms with Gasteiger partial charge in [-0.05, 0) is 48.0 Å². The van der Waals surface area contributed by atoms with Gasteiger partial charge in [-0.25, -0.2) is 0 Å². The summed E-state index contributed by atoms with van der Waals surface area (Å²) in [5, 5.41) is 4.68. The van der Waals surface area contributed by atoms with Crippen LogP contribution in [0.25, 0.3) is 71.8 Å². The Balaban J connectivity index is 1.33. The second-order valence-corrected chi connectivity index (χ2v) is 9.52. The van der Waals surface area contributed by atoms with Gasteiger partial charge in [-0.3, -0.25) is 15.0 Å². The summed E-state index contributed by atoms with van der Waals surface area (Å²) in [5.74, 6) is 0. The molecule has 0 aliphatic heterocycles. The van der Waals surface area contributed by atoms with Crippen LogP contribution in [0.2, 0.25) is 0 Å². The highest BCUT2D eigenvalue weighted by molar-refractivity contribution is 6.11. The van der Waals surface area contributed by atoms with Gasteiger partial charge in [-0.15, -0.1) is 0 Å². The number of hydrogen-bond donors (Lipinski definition) is 1. The summed E-state index contributed by atoms with van der Waals surface area (Å²) in [4.78, 5) is 17.4. The normalized spacial score (nSPS) is 11.7. The van der Waals surface area contributed by atoms with Crippen molar-refractivity contribution in [2.75, 3.05) is 0 Å². The Kier molecular flexibility index (Phi) is 4.45. The predicted octanol–water partition coefficient (Wildman–Crippen LogP) is 7.94. The van der Waals surface area contributed by atoms with E-state index in [1.165, 1.54) is 10.8 Å². The first-order valence-electron chi connectivity index (χ1n) is 12.6. The fourth-order valence-corrected chi connectivity index (χ4v) is 5.53. The summed E-state index contributed by atoms with van der Waals surface area (Å²) in [7, 11) is 0. The van der Waals surface area contributed by atoms with Gasteiger partial charge in [0.1, 0.15) is 0 Å². The average molecular weight is 488 g/mol. The van der Waals surface area contributed by atoms with Crippen molar-refractivity contribution in [1.82, 2.24) is 24.5 Å². The van der Waals surface area contributed by atoms with E-state index in [0.717, 1.165) is 61.0 Å². The van der Waals surface area contributed by atoms with Crippen LogP contribution >= 0.6 is 0 Å². The Morgan fingerprint density at radius 2 is 1.32 bits per heavy atom. The first kappa shape index (κ1) is 20.9. The molecule has 0 aliphatic carbocycles. The molecule has 0 atom stereocenters. The Hall–Kier alpha value is -5.29. The maximum absolute atomic E-state index is 4.91. The molecule has 0 bridgehead atoms. The Labute approximate surface area is 218 Å². The van der Waals surface area contributed by atoms with E-state index in [4.69, 9.17) is 9.97 Å². The SMILES string of the molecule is c1cncc(-c2cccc(-n3c4ccccc4c4cc(-c5cc6c(cn5)[nH]c5ccccc56)ncc43)c2)c1. The molecule has 1 N–H and O–H groups in total. The van der Waals surface area contributed by atoms with Crippen LogP contribution in [-0.2, 0) is 0 Å². The first-order valence-corrected chi connectivity index (χ1v) is 12.6. The topological polar surface area (TPSA) is 59.4 Å². The predicted molar refractivity (Wildman–Crippen MR) is 154 cm³/mol. The van der Waals surface area contributed by atoms with Crippen molar-refractivity contribution < 1.29 is 0 Å². The van der Waals surface area contributed by atoms with Crippen molar-refractivity contribution in [3.05, 3.63) is 122 Å². The molecule has 38 heavy (non-hydrogen) atoms. The highest BCUT2D eigenvalue weighted by atomic mass is 15.0. The second kappa shape index (κ2) is 8.11. The molecule has 0 radical (unpaired) electrons. The molecule has 5 aromatic heterocycles. The van der Waals surface area contributed by atoms with E-state index < -0.39 is 0 Å². The fourth-order valence-electron chi connectivity index (χ4n) is 5.53. The Morgan fingerprint density at radius 1 is 0.526 bits per heavy atom. The number of para-hydroxylation sites is 2. The van der Waals surface area contributed by atoms with E-state index in [0.29, 0.717) is 0 Å². The van der Waals surface area contributed by atoms with Gasteiger partial charge in [0.2, 0.25) is 0 Å². The minimum Gasteiger partial charge on any atom is -0.353 e. The third-order valence-corrected chi connectivity index (χ3v) is 7.31. The molecular formula is C33H21N5. The second-order valence-electron chi connectivity index (χ2n) is 9.52. The van der Waals surface area contributed by atoms with Crippen molar-refractivity contribution in [3.63, 3.8) is 0 Å². The number of benzene rings is 3. The van der Waals surface area contributed by atoms with E-state index in [2.05, 4.69) is 99.5 Å². The third kappa shape index (κ3) is 3.15. The maximum Gasteiger partial charge on any atom is 0.0894 e. The van der Waals surface area contributed by atoms with E-state index in [1.54, 1.807) is 6.20 Å². The number of rotatable bonds is 3. The minimum atomic E-state index is 0.858. The molecule has 0 amide bonds. The molecule has 0 spiro atoms. The zero-order chi connectivity index (χ0) is 25.1. The largest absolute Gasteiger partial charge is 0.353 e. The van der Waals surface area contributed by atoms with Crippen molar-refractivity contribution in [3.8, 4) is 28.2 Å². The molecule has 5 heterocycles. The van der Waals surface area contributed by atoms with Crippen LogP contribution < -0.4 is 0 Å². The minimum absolute atomic E-state index is 0.858. The van der Waals surface area contributed by atoms with Gasteiger partial charge in [0.05, 0.1) is 40.3 Å². The molecule has 178 valence electrons. The number of pyridine rings is 3. The molecule has 8 aromatic rings. The fraction of sp³-hybridized carbons (Fsp3) is 0. The lowest BCUT2D eigenvalue weighted by molar-refractivity contribution is 1.16. The molecule has 0 saturated carbocycles. The van der Waals surface area contributed by atoms with E-state index in [1.807, 2.05) is 30.7 Å². The molecule has 0 aliphatic rings. The van der Waals surface area contributed by atoms with Gasteiger partial charge in [-0.2, -0.15) is 0 Å². The molecule has 5 nitrogen and oxygen atoms in total. The molecule has 0 fully saturated rings. The van der Waals surface area contributed by atoms with Crippen LogP contribution in [0.4, 0.5) is 0 Å². The third-order valence-electron chi connectivity index (χ3n) is 7.31. The maximum atomic E-state index is 4.91. The van der Waals surface area contributed by atoms with E-state index in [9.17, 15) is 0 Å². The van der Waals surface area contributed by atoms with Gasteiger partial charge in [0.25, 0.3) is 0 Å². The smallest absolute Gasteiger partial charge is 0.0894 e. The molecule has 3 aromatic carbocycles. The Morgan fingerprint density at radius 3 is 2.21 bits per heavy atom.